The van der Waals surface area contributed by atoms with E-state index in [2.05, 4.69) is 33.7 Å². The quantitative estimate of drug-likeness (QED) is 0.192. The maximum absolute atomic E-state index is 10.7. The van der Waals surface area contributed by atoms with Crippen molar-refractivity contribution in [1.82, 2.24) is 19.6 Å². The summed E-state index contributed by atoms with van der Waals surface area (Å²) in [6, 6.07) is 0. The van der Waals surface area contributed by atoms with E-state index in [4.69, 9.17) is 33.1 Å². The molecule has 0 N–H and O–H groups in total. The maximum Gasteiger partial charge on any atom is 2.00 e. The van der Waals surface area contributed by atoms with Crippen LogP contribution in [0, 0.1) is 0 Å². The maximum atomic E-state index is 9.87. The minimum Gasteiger partial charge on any atom is 2.00 e. The van der Waals surface area contributed by atoms with Gasteiger partial charge in [0.25, 0.3) is 0 Å². The topological polar surface area (TPSA) is 53.1 Å². The monoisotopic (exact) mass is 572 g/mol. The molecule has 31 heavy (non-hydrogen) atoms. The van der Waals surface area contributed by atoms with Crippen LogP contribution in [0.25, 0.3) is 0 Å². The van der Waals surface area contributed by atoms with Crippen molar-refractivity contribution < 1.29 is 51.6 Å². The Labute approximate surface area is 199 Å². The Bertz CT molecular complexity index is 443. The number of carboxylic acids is 1. The summed E-state index contributed by atoms with van der Waals surface area (Å²) in [5, 5.41) is 9.08. The summed E-state index contributed by atoms with van der Waals surface area (Å²) in [6.07, 6.45) is 0. The zero-order valence-corrected chi connectivity index (χ0v) is 21.1. The zero-order valence-electron chi connectivity index (χ0n) is 17.7. The van der Waals surface area contributed by atoms with Crippen molar-refractivity contribution in [3.8, 4) is 0 Å². The first-order valence-corrected chi connectivity index (χ1v) is 12.1. The van der Waals surface area contributed by atoms with Crippen molar-refractivity contribution >= 4 is 37.0 Å². The average Bonchev–Trinajstić information content (AvgIpc) is 2.65. The van der Waals surface area contributed by atoms with E-state index in [-0.39, 0.29) is 21.8 Å². The molecule has 0 atom stereocenters. The van der Waals surface area contributed by atoms with Crippen LogP contribution in [0.3, 0.4) is 0 Å². The Balaban J connectivity index is -0.000000438. The number of carbonyl (C=O) groups is 1. The Morgan fingerprint density at radius 3 is 1.03 bits per heavy atom. The van der Waals surface area contributed by atoms with Gasteiger partial charge in [-0.1, -0.05) is 0 Å². The van der Waals surface area contributed by atoms with Gasteiger partial charge in [-0.15, -0.1) is 23.2 Å². The second-order valence-electron chi connectivity index (χ2n) is 6.84. The standard InChI is InChI=1S/C12H26N4.C2H4O2.CH2Cl2.F6P.Ni/c1-13-3-7-15-9-5-14(2)6-10-16(8-4-13)12-11-15;1-2(3)4;2-1-3;1-7(2,3,4,5)6;/h3-12H2,1-2H3;1H3,(H,3,4);1H2;;/q;;;-1;+2/p-1. The number of aliphatic carboxylic acids is 1. The second-order valence-corrected chi connectivity index (χ2v) is 9.57. The van der Waals surface area contributed by atoms with E-state index in [1.165, 1.54) is 65.4 Å². The summed E-state index contributed by atoms with van der Waals surface area (Å²) < 4.78 is 59.2. The molecule has 2 heterocycles. The minimum absolute atomic E-state index is 0. The van der Waals surface area contributed by atoms with E-state index in [0.717, 1.165) is 6.92 Å². The van der Waals surface area contributed by atoms with Crippen molar-refractivity contribution in [2.24, 2.45) is 0 Å². The molecule has 0 aromatic carbocycles. The van der Waals surface area contributed by atoms with Crippen LogP contribution in [-0.4, -0.2) is 110 Å². The molecular weight excluding hydrogens is 543 g/mol. The van der Waals surface area contributed by atoms with Crippen LogP contribution >= 0.6 is 31.0 Å². The Hall–Kier alpha value is 0.394. The van der Waals surface area contributed by atoms with Gasteiger partial charge in [0.2, 0.25) is 0 Å². The normalized spacial score (nSPS) is 25.0. The van der Waals surface area contributed by atoms with Gasteiger partial charge in [-0.2, -0.15) is 0 Å². The Morgan fingerprint density at radius 1 is 0.742 bits per heavy atom. The fourth-order valence-corrected chi connectivity index (χ4v) is 2.43. The number of likely N-dealkylation sites (N-methyl/N-ethyl adjacent to an activating group) is 2. The zero-order chi connectivity index (χ0) is 24.1. The van der Waals surface area contributed by atoms with Gasteiger partial charge in [-0.25, -0.2) is 0 Å². The number of fused-ring (bicyclic) bond motifs is 3. The van der Waals surface area contributed by atoms with Crippen molar-refractivity contribution in [2.45, 2.75) is 6.92 Å². The summed E-state index contributed by atoms with van der Waals surface area (Å²) in [5.41, 5.74) is 0. The molecule has 0 unspecified atom stereocenters. The Morgan fingerprint density at radius 2 is 0.871 bits per heavy atom. The summed E-state index contributed by atoms with van der Waals surface area (Å²) in [5.74, 6) is -1.08. The first-order valence-electron chi connectivity index (χ1n) is 9.01. The minimum atomic E-state index is -10.7. The number of hydrogen-bond donors (Lipinski definition) is 0. The number of hydrogen-bond acceptors (Lipinski definition) is 6. The predicted molar refractivity (Wildman–Crippen MR) is 109 cm³/mol. The Kier molecular flexibility index (Phi) is 17.8. The number of halogens is 8. The van der Waals surface area contributed by atoms with Crippen molar-refractivity contribution in [3.05, 3.63) is 0 Å². The first kappa shape index (κ1) is 36.0. The third-order valence-electron chi connectivity index (χ3n) is 3.92. The van der Waals surface area contributed by atoms with E-state index in [0.29, 0.717) is 0 Å². The second kappa shape index (κ2) is 15.3. The van der Waals surface area contributed by atoms with Crippen LogP contribution in [-0.2, 0) is 21.3 Å². The molecule has 0 aromatic heterocycles. The molecule has 0 saturated carbocycles. The molecule has 2 aliphatic heterocycles. The third-order valence-corrected chi connectivity index (χ3v) is 3.92. The summed E-state index contributed by atoms with van der Waals surface area (Å²) >= 11 is 9.53. The number of alkyl halides is 2. The summed E-state index contributed by atoms with van der Waals surface area (Å²) in [6.45, 7) is 13.3. The van der Waals surface area contributed by atoms with Crippen molar-refractivity contribution in [2.75, 3.05) is 84.9 Å². The number of carboxylic acid groups (broad SMARTS) is 1. The fourth-order valence-electron chi connectivity index (χ4n) is 2.43. The fraction of sp³-hybridized carbons (Fsp3) is 0.933. The van der Waals surface area contributed by atoms with Gasteiger partial charge in [0, 0.05) is 71.4 Å². The van der Waals surface area contributed by atoms with Crippen LogP contribution in [0.1, 0.15) is 6.92 Å². The smallest absolute Gasteiger partial charge is 2.00 e. The molecule has 2 rings (SSSR count). The van der Waals surface area contributed by atoms with Gasteiger partial charge in [-0.3, -0.25) is 9.80 Å². The number of nitrogens with zero attached hydrogens (tertiary/aromatic N) is 4. The van der Waals surface area contributed by atoms with Gasteiger partial charge >= 0.3 is 49.5 Å². The van der Waals surface area contributed by atoms with Crippen molar-refractivity contribution in [1.29, 1.82) is 0 Å². The van der Waals surface area contributed by atoms with Crippen LogP contribution in [0.5, 0.6) is 0 Å². The van der Waals surface area contributed by atoms with Gasteiger partial charge in [0.15, 0.2) is 0 Å². The molecule has 6 nitrogen and oxygen atoms in total. The molecular formula is C15H31Cl2F6N4NiO2P. The van der Waals surface area contributed by atoms with E-state index < -0.39 is 13.8 Å². The van der Waals surface area contributed by atoms with Crippen LogP contribution in [0.4, 0.5) is 25.2 Å². The molecule has 2 saturated heterocycles. The molecule has 2 aliphatic rings. The largest absolute Gasteiger partial charge is 2.00 e. The molecule has 194 valence electrons. The van der Waals surface area contributed by atoms with Crippen molar-refractivity contribution in [3.63, 3.8) is 0 Å². The first-order chi connectivity index (χ1) is 13.3. The average molecular weight is 574 g/mol. The predicted octanol–water partition coefficient (Wildman–Crippen LogP) is 3.04. The molecule has 2 fully saturated rings. The van der Waals surface area contributed by atoms with E-state index in [1.54, 1.807) is 0 Å². The molecule has 0 radical (unpaired) electrons. The summed E-state index contributed by atoms with van der Waals surface area (Å²) in [7, 11) is -6.16. The van der Waals surface area contributed by atoms with Gasteiger partial charge in [-0.05, 0) is 21.0 Å². The van der Waals surface area contributed by atoms with Crippen LogP contribution in [0.2, 0.25) is 0 Å². The third kappa shape index (κ3) is 38.0. The van der Waals surface area contributed by atoms with Crippen LogP contribution in [0.15, 0.2) is 0 Å². The van der Waals surface area contributed by atoms with Crippen LogP contribution < -0.4 is 5.11 Å². The van der Waals surface area contributed by atoms with E-state index in [1.807, 2.05) is 0 Å². The molecule has 0 aromatic rings. The van der Waals surface area contributed by atoms with Gasteiger partial charge < -0.3 is 19.7 Å². The molecule has 0 aliphatic carbocycles. The molecule has 16 heteroatoms. The SMILES string of the molecule is CC(=O)[O-].CN1CCN2CCN(C)CCN(CC1)CC2.ClCCl.F[P-](F)(F)(F)(F)F.[Ni+2]. The van der Waals surface area contributed by atoms with Gasteiger partial charge in [0.05, 0.1) is 5.34 Å². The number of rotatable bonds is 0. The summed E-state index contributed by atoms with van der Waals surface area (Å²) in [4.78, 5) is 19.1. The molecule has 2 bridgehead atoms. The molecule has 0 amide bonds. The van der Waals surface area contributed by atoms with E-state index in [9.17, 15) is 25.2 Å². The van der Waals surface area contributed by atoms with E-state index >= 15 is 0 Å². The molecule has 0 spiro atoms. The number of carbonyl (C=O) groups excluding carboxylic acids is 1. The van der Waals surface area contributed by atoms with Gasteiger partial charge in [0.1, 0.15) is 0 Å².